The number of nitrogens with zero attached hydrogens (tertiary/aromatic N) is 3. The van der Waals surface area contributed by atoms with Crippen molar-refractivity contribution in [2.45, 2.75) is 45.4 Å². The minimum Gasteiger partial charge on any atom is -0.354 e. The molecule has 2 aromatic carbocycles. The van der Waals surface area contributed by atoms with Crippen molar-refractivity contribution < 1.29 is 0 Å². The van der Waals surface area contributed by atoms with Gasteiger partial charge in [0.15, 0.2) is 5.96 Å². The van der Waals surface area contributed by atoms with Crippen molar-refractivity contribution in [3.8, 4) is 0 Å². The summed E-state index contributed by atoms with van der Waals surface area (Å²) < 4.78 is 0. The number of guanidine groups is 1. The zero-order valence-corrected chi connectivity index (χ0v) is 18.8. The SMILES string of the molecule is CCN(C)Cc1cccc(CNC(=NC)NC2CCN(Cc3ccccc3)CC2)c1. The fraction of sp³-hybridized carbons (Fsp3) is 0.480. The molecule has 1 fully saturated rings. The third-order valence-corrected chi connectivity index (χ3v) is 5.84. The van der Waals surface area contributed by atoms with Gasteiger partial charge in [0.05, 0.1) is 0 Å². The Kier molecular flexibility index (Phi) is 8.72. The molecule has 3 rings (SSSR count). The number of likely N-dealkylation sites (tertiary alicyclic amines) is 1. The fourth-order valence-corrected chi connectivity index (χ4v) is 3.91. The van der Waals surface area contributed by atoms with Crippen molar-refractivity contribution >= 4 is 5.96 Å². The van der Waals surface area contributed by atoms with Crippen LogP contribution < -0.4 is 10.6 Å². The lowest BCUT2D eigenvalue weighted by Crippen LogP contribution is -2.48. The van der Waals surface area contributed by atoms with Gasteiger partial charge in [0.1, 0.15) is 0 Å². The number of benzene rings is 2. The van der Waals surface area contributed by atoms with E-state index < -0.39 is 0 Å². The van der Waals surface area contributed by atoms with Crippen LogP contribution in [0.5, 0.6) is 0 Å². The molecule has 0 amide bonds. The summed E-state index contributed by atoms with van der Waals surface area (Å²) in [6.07, 6.45) is 2.29. The lowest BCUT2D eigenvalue weighted by molar-refractivity contribution is 0.198. The van der Waals surface area contributed by atoms with Crippen LogP contribution in [-0.2, 0) is 19.6 Å². The zero-order valence-electron chi connectivity index (χ0n) is 18.8. The van der Waals surface area contributed by atoms with Gasteiger partial charge in [-0.05, 0) is 43.1 Å². The Hall–Kier alpha value is -2.37. The highest BCUT2D eigenvalue weighted by Gasteiger charge is 2.20. The summed E-state index contributed by atoms with van der Waals surface area (Å²) in [5.74, 6) is 0.896. The lowest BCUT2D eigenvalue weighted by atomic mass is 10.0. The van der Waals surface area contributed by atoms with E-state index in [4.69, 9.17) is 0 Å². The first-order valence-electron chi connectivity index (χ1n) is 11.2. The Bertz CT molecular complexity index is 781. The normalized spacial score (nSPS) is 16.1. The number of piperidine rings is 1. The molecule has 0 aromatic heterocycles. The van der Waals surface area contributed by atoms with Crippen molar-refractivity contribution in [2.75, 3.05) is 33.7 Å². The first kappa shape index (κ1) is 22.3. The number of rotatable bonds is 8. The van der Waals surface area contributed by atoms with E-state index in [1.807, 2.05) is 7.05 Å². The van der Waals surface area contributed by atoms with Gasteiger partial charge in [0.2, 0.25) is 0 Å². The van der Waals surface area contributed by atoms with Crippen LogP contribution in [0, 0.1) is 0 Å². The molecule has 0 bridgehead atoms. The Morgan fingerprint density at radius 1 is 1.03 bits per heavy atom. The van der Waals surface area contributed by atoms with Crippen molar-refractivity contribution in [1.82, 2.24) is 20.4 Å². The number of hydrogen-bond donors (Lipinski definition) is 2. The molecule has 0 spiro atoms. The van der Waals surface area contributed by atoms with Crippen LogP contribution in [-0.4, -0.2) is 55.5 Å². The first-order valence-corrected chi connectivity index (χ1v) is 11.2. The summed E-state index contributed by atoms with van der Waals surface area (Å²) >= 11 is 0. The van der Waals surface area contributed by atoms with Gasteiger partial charge in [-0.3, -0.25) is 9.89 Å². The Morgan fingerprint density at radius 3 is 2.43 bits per heavy atom. The molecular weight excluding hydrogens is 370 g/mol. The van der Waals surface area contributed by atoms with Crippen LogP contribution >= 0.6 is 0 Å². The second kappa shape index (κ2) is 11.7. The van der Waals surface area contributed by atoms with E-state index in [-0.39, 0.29) is 0 Å². The Morgan fingerprint density at radius 2 is 1.73 bits per heavy atom. The fourth-order valence-electron chi connectivity index (χ4n) is 3.91. The van der Waals surface area contributed by atoms with Crippen molar-refractivity contribution in [3.63, 3.8) is 0 Å². The largest absolute Gasteiger partial charge is 0.354 e. The minimum absolute atomic E-state index is 0.479. The van der Waals surface area contributed by atoms with E-state index >= 15 is 0 Å². The molecule has 0 aliphatic carbocycles. The highest BCUT2D eigenvalue weighted by molar-refractivity contribution is 5.79. The zero-order chi connectivity index (χ0) is 21.2. The highest BCUT2D eigenvalue weighted by Crippen LogP contribution is 2.14. The topological polar surface area (TPSA) is 42.9 Å². The molecule has 1 heterocycles. The molecule has 0 radical (unpaired) electrons. The van der Waals surface area contributed by atoms with E-state index in [0.717, 1.165) is 58.1 Å². The maximum absolute atomic E-state index is 4.44. The maximum Gasteiger partial charge on any atom is 0.191 e. The van der Waals surface area contributed by atoms with Crippen LogP contribution in [0.3, 0.4) is 0 Å². The molecule has 2 N–H and O–H groups in total. The summed E-state index contributed by atoms with van der Waals surface area (Å²) in [7, 11) is 4.01. The third kappa shape index (κ3) is 7.15. The molecule has 2 aromatic rings. The van der Waals surface area contributed by atoms with Gasteiger partial charge in [0, 0.05) is 45.8 Å². The molecular formula is C25H37N5. The van der Waals surface area contributed by atoms with Crippen LogP contribution in [0.15, 0.2) is 59.6 Å². The summed E-state index contributed by atoms with van der Waals surface area (Å²) in [5.41, 5.74) is 4.04. The average Bonchev–Trinajstić information content (AvgIpc) is 2.78. The maximum atomic E-state index is 4.44. The van der Waals surface area contributed by atoms with Crippen LogP contribution in [0.25, 0.3) is 0 Å². The average molecular weight is 408 g/mol. The van der Waals surface area contributed by atoms with Gasteiger partial charge < -0.3 is 15.5 Å². The standard InChI is InChI=1S/C25H37N5/c1-4-29(3)19-23-12-8-11-22(17-23)18-27-25(26-2)28-24-13-15-30(16-14-24)20-21-9-6-5-7-10-21/h5-12,17,24H,4,13-16,18-20H2,1-3H3,(H2,26,27,28). The molecule has 1 saturated heterocycles. The van der Waals surface area contributed by atoms with Gasteiger partial charge in [-0.15, -0.1) is 0 Å². The first-order chi connectivity index (χ1) is 14.7. The molecule has 0 unspecified atom stereocenters. The molecule has 30 heavy (non-hydrogen) atoms. The predicted molar refractivity (Wildman–Crippen MR) is 127 cm³/mol. The van der Waals surface area contributed by atoms with Crippen molar-refractivity contribution in [1.29, 1.82) is 0 Å². The minimum atomic E-state index is 0.479. The molecule has 5 heteroatoms. The monoisotopic (exact) mass is 407 g/mol. The number of aliphatic imine (C=N–C) groups is 1. The number of hydrogen-bond acceptors (Lipinski definition) is 3. The summed E-state index contributed by atoms with van der Waals surface area (Å²) in [4.78, 5) is 9.30. The van der Waals surface area contributed by atoms with E-state index in [1.54, 1.807) is 0 Å². The Labute approximate surface area is 182 Å². The van der Waals surface area contributed by atoms with Gasteiger partial charge in [0.25, 0.3) is 0 Å². The Balaban J connectivity index is 1.43. The van der Waals surface area contributed by atoms with E-state index in [0.29, 0.717) is 6.04 Å². The highest BCUT2D eigenvalue weighted by atomic mass is 15.2. The molecule has 0 atom stereocenters. The summed E-state index contributed by atoms with van der Waals surface area (Å²) in [6, 6.07) is 20.0. The van der Waals surface area contributed by atoms with Crippen LogP contribution in [0.1, 0.15) is 36.5 Å². The molecule has 1 aliphatic rings. The molecule has 0 saturated carbocycles. The molecule has 1 aliphatic heterocycles. The van der Waals surface area contributed by atoms with Gasteiger partial charge in [-0.1, -0.05) is 61.5 Å². The lowest BCUT2D eigenvalue weighted by Gasteiger charge is -2.33. The second-order valence-electron chi connectivity index (χ2n) is 8.26. The second-order valence-corrected chi connectivity index (χ2v) is 8.26. The summed E-state index contributed by atoms with van der Waals surface area (Å²) in [5, 5.41) is 7.11. The van der Waals surface area contributed by atoms with Gasteiger partial charge in [-0.2, -0.15) is 0 Å². The van der Waals surface area contributed by atoms with E-state index in [9.17, 15) is 0 Å². The van der Waals surface area contributed by atoms with Gasteiger partial charge >= 0.3 is 0 Å². The quantitative estimate of drug-likeness (QED) is 0.519. The third-order valence-electron chi connectivity index (χ3n) is 5.84. The van der Waals surface area contributed by atoms with Crippen molar-refractivity contribution in [2.24, 2.45) is 4.99 Å². The van der Waals surface area contributed by atoms with E-state index in [2.05, 4.69) is 94.0 Å². The number of nitrogens with one attached hydrogen (secondary N) is 2. The van der Waals surface area contributed by atoms with E-state index in [1.165, 1.54) is 16.7 Å². The van der Waals surface area contributed by atoms with Crippen molar-refractivity contribution in [3.05, 3.63) is 71.3 Å². The van der Waals surface area contributed by atoms with Crippen LogP contribution in [0.4, 0.5) is 0 Å². The predicted octanol–water partition coefficient (Wildman–Crippen LogP) is 3.47. The molecule has 162 valence electrons. The van der Waals surface area contributed by atoms with Crippen LogP contribution in [0.2, 0.25) is 0 Å². The molecule has 5 nitrogen and oxygen atoms in total. The van der Waals surface area contributed by atoms with Gasteiger partial charge in [-0.25, -0.2) is 0 Å². The summed E-state index contributed by atoms with van der Waals surface area (Å²) in [6.45, 7) is 8.31. The smallest absolute Gasteiger partial charge is 0.191 e.